The molecule has 1 aromatic carbocycles. The van der Waals surface area contributed by atoms with Crippen molar-refractivity contribution in [1.29, 1.82) is 0 Å². The number of carbonyl (C=O) groups excluding carboxylic acids is 1. The van der Waals surface area contributed by atoms with Crippen molar-refractivity contribution >= 4 is 17.7 Å². The highest BCUT2D eigenvalue weighted by molar-refractivity contribution is 5.99. The minimum absolute atomic E-state index is 0.0718. The Balaban J connectivity index is 1.69. The third kappa shape index (κ3) is 2.65. The molecule has 9 heteroatoms. The van der Waals surface area contributed by atoms with Gasteiger partial charge in [0.15, 0.2) is 0 Å². The maximum absolute atomic E-state index is 12.2. The fraction of sp³-hybridized carbons (Fsp3) is 0.500. The third-order valence-electron chi connectivity index (χ3n) is 6.44. The standard InChI is InChI=1S/C20H23N3O6/c1-22-7-6-20-5-4-12(24)8-15(20)29-17-13(3-2-11(9-22)16(17)20)23(19(26)27)14-10-28-21-18(14)25/h2-5,12,14-15,24H,6-10H2,1H3,(H,21,25)(H,26,27)/t12-,14-,15-,20-/m0/s1. The van der Waals surface area contributed by atoms with Crippen LogP contribution >= 0.6 is 0 Å². The largest absolute Gasteiger partial charge is 0.487 e. The zero-order chi connectivity index (χ0) is 20.3. The molecule has 154 valence electrons. The Morgan fingerprint density at radius 2 is 2.24 bits per heavy atom. The highest BCUT2D eigenvalue weighted by Gasteiger charge is 2.53. The minimum atomic E-state index is -1.25. The number of hydrogen-bond acceptors (Lipinski definition) is 6. The summed E-state index contributed by atoms with van der Waals surface area (Å²) < 4.78 is 6.34. The number of carboxylic acid groups (broad SMARTS) is 1. The first kappa shape index (κ1) is 18.4. The molecule has 3 heterocycles. The van der Waals surface area contributed by atoms with Gasteiger partial charge in [0.2, 0.25) is 0 Å². The summed E-state index contributed by atoms with van der Waals surface area (Å²) in [6.45, 7) is 1.50. The Morgan fingerprint density at radius 3 is 2.97 bits per heavy atom. The van der Waals surface area contributed by atoms with Gasteiger partial charge in [-0.3, -0.25) is 14.5 Å². The summed E-state index contributed by atoms with van der Waals surface area (Å²) in [4.78, 5) is 32.5. The van der Waals surface area contributed by atoms with Gasteiger partial charge in [0, 0.05) is 18.5 Å². The molecule has 0 aromatic heterocycles. The zero-order valence-corrected chi connectivity index (χ0v) is 16.0. The molecule has 4 aliphatic rings. The minimum Gasteiger partial charge on any atom is -0.487 e. The molecule has 9 nitrogen and oxygen atoms in total. The smallest absolute Gasteiger partial charge is 0.412 e. The summed E-state index contributed by atoms with van der Waals surface area (Å²) in [5.41, 5.74) is 4.19. The van der Waals surface area contributed by atoms with Crippen LogP contribution in [-0.4, -0.2) is 65.6 Å². The molecule has 1 spiro atoms. The van der Waals surface area contributed by atoms with Crippen molar-refractivity contribution < 1.29 is 29.4 Å². The van der Waals surface area contributed by atoms with E-state index in [4.69, 9.17) is 9.57 Å². The highest BCUT2D eigenvalue weighted by Crippen LogP contribution is 2.56. The maximum Gasteiger partial charge on any atom is 0.412 e. The normalized spacial score (nSPS) is 32.8. The predicted molar refractivity (Wildman–Crippen MR) is 102 cm³/mol. The second kappa shape index (κ2) is 6.45. The van der Waals surface area contributed by atoms with Crippen molar-refractivity contribution in [2.45, 2.75) is 43.1 Å². The number of carbonyl (C=O) groups is 2. The van der Waals surface area contributed by atoms with Gasteiger partial charge in [0.25, 0.3) is 5.91 Å². The van der Waals surface area contributed by atoms with E-state index in [1.807, 2.05) is 18.2 Å². The van der Waals surface area contributed by atoms with E-state index >= 15 is 0 Å². The monoisotopic (exact) mass is 401 g/mol. The summed E-state index contributed by atoms with van der Waals surface area (Å²) in [6, 6.07) is 2.64. The van der Waals surface area contributed by atoms with Crippen LogP contribution in [0.1, 0.15) is 24.0 Å². The molecule has 29 heavy (non-hydrogen) atoms. The number of rotatable bonds is 2. The van der Waals surface area contributed by atoms with Gasteiger partial charge in [-0.25, -0.2) is 10.3 Å². The number of benzene rings is 1. The second-order valence-electron chi connectivity index (χ2n) is 8.19. The molecule has 1 fully saturated rings. The number of nitrogens with zero attached hydrogens (tertiary/aromatic N) is 2. The Bertz CT molecular complexity index is 918. The van der Waals surface area contributed by atoms with Crippen LogP contribution < -0.4 is 15.1 Å². The molecule has 0 bridgehead atoms. The molecule has 1 saturated heterocycles. The number of hydroxylamine groups is 1. The van der Waals surface area contributed by atoms with Gasteiger partial charge in [-0.1, -0.05) is 18.2 Å². The highest BCUT2D eigenvalue weighted by atomic mass is 16.7. The van der Waals surface area contributed by atoms with Gasteiger partial charge in [0.05, 0.1) is 17.2 Å². The molecule has 3 aliphatic heterocycles. The van der Waals surface area contributed by atoms with Crippen LogP contribution in [0, 0.1) is 0 Å². The number of aliphatic hydroxyl groups is 1. The summed E-state index contributed by atoms with van der Waals surface area (Å²) >= 11 is 0. The van der Waals surface area contributed by atoms with E-state index in [1.165, 1.54) is 0 Å². The second-order valence-corrected chi connectivity index (χ2v) is 8.19. The van der Waals surface area contributed by atoms with Crippen LogP contribution in [0.4, 0.5) is 10.5 Å². The topological polar surface area (TPSA) is 112 Å². The summed E-state index contributed by atoms with van der Waals surface area (Å²) in [5.74, 6) is -0.0154. The fourth-order valence-electron chi connectivity index (χ4n) is 5.05. The van der Waals surface area contributed by atoms with Crippen LogP contribution in [0.3, 0.4) is 0 Å². The van der Waals surface area contributed by atoms with E-state index in [2.05, 4.69) is 17.4 Å². The molecule has 1 aromatic rings. The van der Waals surface area contributed by atoms with Crippen molar-refractivity contribution in [1.82, 2.24) is 10.4 Å². The Labute approximate surface area is 167 Å². The molecule has 0 unspecified atom stereocenters. The lowest BCUT2D eigenvalue weighted by Gasteiger charge is -2.35. The Hall–Kier alpha value is -2.62. The summed E-state index contributed by atoms with van der Waals surface area (Å²) in [6.07, 6.45) is 2.95. The third-order valence-corrected chi connectivity index (χ3v) is 6.44. The molecule has 4 atom stereocenters. The van der Waals surface area contributed by atoms with Gasteiger partial charge >= 0.3 is 6.09 Å². The SMILES string of the molecule is CN1CC[C@@]23C=C[C@H](O)C[C@@H]2Oc2c(N(C(=O)O)[C@H]4CONC4=O)ccc(c23)C1. The van der Waals surface area contributed by atoms with Crippen LogP contribution in [0.25, 0.3) is 0 Å². The van der Waals surface area contributed by atoms with Gasteiger partial charge < -0.3 is 19.8 Å². The van der Waals surface area contributed by atoms with E-state index in [0.717, 1.165) is 35.5 Å². The van der Waals surface area contributed by atoms with E-state index < -0.39 is 29.6 Å². The van der Waals surface area contributed by atoms with E-state index in [1.54, 1.807) is 6.07 Å². The molecule has 0 saturated carbocycles. The fourth-order valence-corrected chi connectivity index (χ4v) is 5.05. The summed E-state index contributed by atoms with van der Waals surface area (Å²) in [5, 5.41) is 20.1. The van der Waals surface area contributed by atoms with E-state index in [0.29, 0.717) is 17.9 Å². The van der Waals surface area contributed by atoms with Gasteiger partial charge in [0.1, 0.15) is 24.5 Å². The van der Waals surface area contributed by atoms with Crippen LogP contribution in [-0.2, 0) is 21.6 Å². The van der Waals surface area contributed by atoms with Crippen molar-refractivity contribution in [3.8, 4) is 5.75 Å². The average molecular weight is 401 g/mol. The van der Waals surface area contributed by atoms with Crippen molar-refractivity contribution in [3.05, 3.63) is 35.4 Å². The lowest BCUT2D eigenvalue weighted by Crippen LogP contribution is -2.45. The van der Waals surface area contributed by atoms with Crippen molar-refractivity contribution in [3.63, 3.8) is 0 Å². The van der Waals surface area contributed by atoms with Gasteiger partial charge in [-0.2, -0.15) is 0 Å². The number of ether oxygens (including phenoxy) is 1. The van der Waals surface area contributed by atoms with Crippen LogP contribution in [0.5, 0.6) is 5.75 Å². The van der Waals surface area contributed by atoms with Crippen molar-refractivity contribution in [2.75, 3.05) is 25.1 Å². The van der Waals surface area contributed by atoms with Crippen LogP contribution in [0.2, 0.25) is 0 Å². The Kier molecular flexibility index (Phi) is 4.09. The molecule has 1 aliphatic carbocycles. The van der Waals surface area contributed by atoms with Crippen LogP contribution in [0.15, 0.2) is 24.3 Å². The number of hydrogen-bond donors (Lipinski definition) is 3. The predicted octanol–water partition coefficient (Wildman–Crippen LogP) is 0.756. The average Bonchev–Trinajstić information content (AvgIpc) is 3.19. The molecule has 0 radical (unpaired) electrons. The first-order valence-electron chi connectivity index (χ1n) is 9.73. The number of nitrogens with one attached hydrogen (secondary N) is 1. The van der Waals surface area contributed by atoms with E-state index in [-0.39, 0.29) is 12.7 Å². The van der Waals surface area contributed by atoms with Crippen molar-refractivity contribution in [2.24, 2.45) is 0 Å². The molecular weight excluding hydrogens is 378 g/mol. The van der Waals surface area contributed by atoms with E-state index in [9.17, 15) is 19.8 Å². The molecule has 3 N–H and O–H groups in total. The van der Waals surface area contributed by atoms with Gasteiger partial charge in [-0.05, 0) is 31.6 Å². The first-order chi connectivity index (χ1) is 13.9. The number of amides is 2. The molecule has 5 rings (SSSR count). The number of aliphatic hydroxyl groups excluding tert-OH is 1. The zero-order valence-electron chi connectivity index (χ0n) is 16.0. The Morgan fingerprint density at radius 1 is 1.41 bits per heavy atom. The van der Waals surface area contributed by atoms with Gasteiger partial charge in [-0.15, -0.1) is 0 Å². The maximum atomic E-state index is 12.2. The molecule has 2 amide bonds. The lowest BCUT2D eigenvalue weighted by atomic mass is 9.69. The quantitative estimate of drug-likeness (QED) is 0.627. The molecular formula is C20H23N3O6. The number of anilines is 1. The summed E-state index contributed by atoms with van der Waals surface area (Å²) in [7, 11) is 2.05. The first-order valence-corrected chi connectivity index (χ1v) is 9.73. The lowest BCUT2D eigenvalue weighted by molar-refractivity contribution is -0.124.